The van der Waals surface area contributed by atoms with Crippen molar-refractivity contribution < 1.29 is 9.59 Å². The summed E-state index contributed by atoms with van der Waals surface area (Å²) in [5, 5.41) is 0. The van der Waals surface area contributed by atoms with Crippen LogP contribution in [-0.4, -0.2) is 42.9 Å². The molecule has 2 aliphatic heterocycles. The van der Waals surface area contributed by atoms with Gasteiger partial charge in [0.05, 0.1) is 0 Å². The number of carbonyl (C=O) groups excluding carboxylic acids is 2. The lowest BCUT2D eigenvalue weighted by Gasteiger charge is -2.18. The minimum Gasteiger partial charge on any atom is -0.338 e. The Bertz CT molecular complexity index is 871. The van der Waals surface area contributed by atoms with Crippen LogP contribution in [0.1, 0.15) is 34.3 Å². The highest BCUT2D eigenvalue weighted by molar-refractivity contribution is 5.98. The molecule has 2 N–H and O–H groups in total. The van der Waals surface area contributed by atoms with E-state index in [0.717, 1.165) is 17.7 Å². The third-order valence-electron chi connectivity index (χ3n) is 5.86. The molecular formula is C22H26ClN3O2. The standard InChI is InChI=1S/C22H25N3O2.ClH/c1-15(26)25-10-9-17-11-18(7-8-21(17)25)22(27)24-13-19(12-23)20(14-24)16-5-3-2-4-6-16;/h2-8,11,19-20H,9-10,12-14,23H2,1H3;1H/t19-,20+;/m1./s1. The van der Waals surface area contributed by atoms with E-state index in [2.05, 4.69) is 12.1 Å². The maximum Gasteiger partial charge on any atom is 0.253 e. The fourth-order valence-electron chi connectivity index (χ4n) is 4.40. The summed E-state index contributed by atoms with van der Waals surface area (Å²) in [5.41, 5.74) is 9.95. The van der Waals surface area contributed by atoms with E-state index < -0.39 is 0 Å². The molecule has 0 unspecified atom stereocenters. The number of carbonyl (C=O) groups is 2. The number of anilines is 1. The summed E-state index contributed by atoms with van der Waals surface area (Å²) in [5.74, 6) is 0.654. The minimum absolute atomic E-state index is 0. The average molecular weight is 400 g/mol. The SMILES string of the molecule is CC(=O)N1CCc2cc(C(=O)N3C[C@@H](CN)[C@H](c4ccccc4)C3)ccc21.Cl. The van der Waals surface area contributed by atoms with Crippen LogP contribution in [-0.2, 0) is 11.2 Å². The molecule has 1 saturated heterocycles. The molecule has 2 heterocycles. The van der Waals surface area contributed by atoms with Gasteiger partial charge < -0.3 is 15.5 Å². The van der Waals surface area contributed by atoms with Gasteiger partial charge in [0, 0.05) is 43.7 Å². The van der Waals surface area contributed by atoms with Crippen molar-refractivity contribution in [3.05, 3.63) is 65.2 Å². The van der Waals surface area contributed by atoms with Gasteiger partial charge in [0.25, 0.3) is 5.91 Å². The van der Waals surface area contributed by atoms with Gasteiger partial charge in [0.15, 0.2) is 0 Å². The fourth-order valence-corrected chi connectivity index (χ4v) is 4.40. The molecule has 0 spiro atoms. The zero-order valence-electron chi connectivity index (χ0n) is 16.0. The van der Waals surface area contributed by atoms with Gasteiger partial charge in [-0.05, 0) is 48.2 Å². The molecule has 0 bridgehead atoms. The van der Waals surface area contributed by atoms with Crippen LogP contribution in [0.4, 0.5) is 5.69 Å². The number of fused-ring (bicyclic) bond motifs is 1. The van der Waals surface area contributed by atoms with E-state index >= 15 is 0 Å². The number of hydrogen-bond donors (Lipinski definition) is 1. The molecule has 6 heteroatoms. The van der Waals surface area contributed by atoms with Gasteiger partial charge in [-0.3, -0.25) is 9.59 Å². The number of rotatable bonds is 3. The van der Waals surface area contributed by atoms with Crippen LogP contribution < -0.4 is 10.6 Å². The van der Waals surface area contributed by atoms with Crippen molar-refractivity contribution in [1.82, 2.24) is 4.90 Å². The Hall–Kier alpha value is -2.37. The number of hydrogen-bond acceptors (Lipinski definition) is 3. The first-order valence-corrected chi connectivity index (χ1v) is 9.54. The second-order valence-electron chi connectivity index (χ2n) is 7.49. The summed E-state index contributed by atoms with van der Waals surface area (Å²) in [6.07, 6.45) is 0.800. The van der Waals surface area contributed by atoms with Gasteiger partial charge in [-0.15, -0.1) is 12.4 Å². The number of benzene rings is 2. The third-order valence-corrected chi connectivity index (χ3v) is 5.86. The highest BCUT2D eigenvalue weighted by Gasteiger charge is 2.36. The molecule has 5 nitrogen and oxygen atoms in total. The van der Waals surface area contributed by atoms with Crippen LogP contribution in [0.5, 0.6) is 0 Å². The normalized spacial score (nSPS) is 20.6. The second-order valence-corrected chi connectivity index (χ2v) is 7.49. The van der Waals surface area contributed by atoms with Gasteiger partial charge in [0.2, 0.25) is 5.91 Å². The highest BCUT2D eigenvalue weighted by atomic mass is 35.5. The van der Waals surface area contributed by atoms with E-state index in [0.29, 0.717) is 31.7 Å². The van der Waals surface area contributed by atoms with Crippen molar-refractivity contribution in [2.75, 3.05) is 31.1 Å². The quantitative estimate of drug-likeness (QED) is 0.862. The van der Waals surface area contributed by atoms with E-state index in [1.54, 1.807) is 11.8 Å². The largest absolute Gasteiger partial charge is 0.338 e. The first-order chi connectivity index (χ1) is 13.1. The van der Waals surface area contributed by atoms with E-state index in [1.807, 2.05) is 41.3 Å². The molecular weight excluding hydrogens is 374 g/mol. The van der Waals surface area contributed by atoms with Gasteiger partial charge in [-0.2, -0.15) is 0 Å². The van der Waals surface area contributed by atoms with Crippen LogP contribution in [0, 0.1) is 5.92 Å². The summed E-state index contributed by atoms with van der Waals surface area (Å²) < 4.78 is 0. The van der Waals surface area contributed by atoms with E-state index in [-0.39, 0.29) is 36.1 Å². The van der Waals surface area contributed by atoms with E-state index in [1.165, 1.54) is 5.56 Å². The average Bonchev–Trinajstić information content (AvgIpc) is 3.31. The van der Waals surface area contributed by atoms with Crippen molar-refractivity contribution in [1.29, 1.82) is 0 Å². The van der Waals surface area contributed by atoms with Gasteiger partial charge >= 0.3 is 0 Å². The maximum absolute atomic E-state index is 13.1. The van der Waals surface area contributed by atoms with Gasteiger partial charge in [0.1, 0.15) is 0 Å². The molecule has 2 aromatic rings. The van der Waals surface area contributed by atoms with Gasteiger partial charge in [-0.25, -0.2) is 0 Å². The Morgan fingerprint density at radius 3 is 2.54 bits per heavy atom. The Kier molecular flexibility index (Phi) is 6.06. The molecule has 4 rings (SSSR count). The molecule has 148 valence electrons. The predicted molar refractivity (Wildman–Crippen MR) is 113 cm³/mol. The van der Waals surface area contributed by atoms with Crippen molar-refractivity contribution in [2.24, 2.45) is 11.7 Å². The molecule has 0 aromatic heterocycles. The lowest BCUT2D eigenvalue weighted by atomic mass is 9.89. The first kappa shape index (κ1) is 20.4. The Morgan fingerprint density at radius 1 is 1.11 bits per heavy atom. The molecule has 2 atom stereocenters. The number of amides is 2. The number of nitrogens with two attached hydrogens (primary N) is 1. The van der Waals surface area contributed by atoms with Crippen LogP contribution in [0.3, 0.4) is 0 Å². The summed E-state index contributed by atoms with van der Waals surface area (Å²) >= 11 is 0. The predicted octanol–water partition coefficient (Wildman–Crippen LogP) is 2.83. The Morgan fingerprint density at radius 2 is 1.86 bits per heavy atom. The molecule has 2 aromatic carbocycles. The molecule has 0 saturated carbocycles. The zero-order chi connectivity index (χ0) is 19.0. The minimum atomic E-state index is 0. The second kappa shape index (κ2) is 8.33. The third kappa shape index (κ3) is 3.64. The fraction of sp³-hybridized carbons (Fsp3) is 0.364. The molecule has 0 aliphatic carbocycles. The van der Waals surface area contributed by atoms with Crippen molar-refractivity contribution in [3.63, 3.8) is 0 Å². The summed E-state index contributed by atoms with van der Waals surface area (Å²) in [6.45, 7) is 4.22. The Labute approximate surface area is 171 Å². The Balaban J connectivity index is 0.00000225. The maximum atomic E-state index is 13.1. The molecule has 1 fully saturated rings. The van der Waals surface area contributed by atoms with Gasteiger partial charge in [-0.1, -0.05) is 30.3 Å². The van der Waals surface area contributed by atoms with Crippen LogP contribution >= 0.6 is 12.4 Å². The zero-order valence-corrected chi connectivity index (χ0v) is 16.8. The van der Waals surface area contributed by atoms with Crippen LogP contribution in [0.25, 0.3) is 0 Å². The number of likely N-dealkylation sites (tertiary alicyclic amines) is 1. The molecule has 2 amide bonds. The van der Waals surface area contributed by atoms with Crippen molar-refractivity contribution in [2.45, 2.75) is 19.3 Å². The molecule has 28 heavy (non-hydrogen) atoms. The van der Waals surface area contributed by atoms with Crippen LogP contribution in [0.2, 0.25) is 0 Å². The topological polar surface area (TPSA) is 66.6 Å². The van der Waals surface area contributed by atoms with E-state index in [9.17, 15) is 9.59 Å². The van der Waals surface area contributed by atoms with E-state index in [4.69, 9.17) is 5.73 Å². The lowest BCUT2D eigenvalue weighted by molar-refractivity contribution is -0.116. The number of nitrogens with zero attached hydrogens (tertiary/aromatic N) is 2. The van der Waals surface area contributed by atoms with Crippen LogP contribution in [0.15, 0.2) is 48.5 Å². The lowest BCUT2D eigenvalue weighted by Crippen LogP contribution is -2.30. The number of halogens is 1. The smallest absolute Gasteiger partial charge is 0.253 e. The van der Waals surface area contributed by atoms with Crippen molar-refractivity contribution in [3.8, 4) is 0 Å². The monoisotopic (exact) mass is 399 g/mol. The highest BCUT2D eigenvalue weighted by Crippen LogP contribution is 2.34. The summed E-state index contributed by atoms with van der Waals surface area (Å²) in [4.78, 5) is 28.5. The first-order valence-electron chi connectivity index (χ1n) is 9.54. The van der Waals surface area contributed by atoms with Crippen molar-refractivity contribution >= 4 is 29.9 Å². The summed E-state index contributed by atoms with van der Waals surface area (Å²) in [7, 11) is 0. The molecule has 0 radical (unpaired) electrons. The molecule has 2 aliphatic rings. The summed E-state index contributed by atoms with van der Waals surface area (Å²) in [6, 6.07) is 16.0.